The molecule has 0 fully saturated rings. The van der Waals surface area contributed by atoms with E-state index in [-0.39, 0.29) is 21.7 Å². The average Bonchev–Trinajstić information content (AvgIpc) is 2.82. The van der Waals surface area contributed by atoms with Crippen molar-refractivity contribution in [3.05, 3.63) is 41.0 Å². The van der Waals surface area contributed by atoms with Crippen LogP contribution in [0.3, 0.4) is 0 Å². The summed E-state index contributed by atoms with van der Waals surface area (Å²) in [5, 5.41) is 0. The summed E-state index contributed by atoms with van der Waals surface area (Å²) >= 11 is 0. The van der Waals surface area contributed by atoms with Crippen molar-refractivity contribution in [1.82, 2.24) is 9.55 Å². The van der Waals surface area contributed by atoms with E-state index < -0.39 is 22.5 Å². The maximum atomic E-state index is 13.3. The number of carbonyl (C=O) groups is 1. The number of nitrogens with zero attached hydrogens (tertiary/aromatic N) is 2. The molecular weight excluding hydrogens is 323 g/mol. The molecule has 0 aliphatic heterocycles. The molecule has 8 heteroatoms. The Bertz CT molecular complexity index is 872. The number of aryl methyl sites for hydroxylation is 2. The SMILES string of the molecule is COC(=O)c1cc(S(C)(=O)=O)c(-n2cc(C)nc2C)cc1CF. The first-order chi connectivity index (χ1) is 10.7. The molecule has 0 atom stereocenters. The van der Waals surface area contributed by atoms with Crippen LogP contribution in [0.15, 0.2) is 23.2 Å². The number of aromatic nitrogens is 2. The van der Waals surface area contributed by atoms with Gasteiger partial charge in [0.25, 0.3) is 0 Å². The molecule has 0 radical (unpaired) electrons. The van der Waals surface area contributed by atoms with Gasteiger partial charge in [0.15, 0.2) is 9.84 Å². The van der Waals surface area contributed by atoms with Gasteiger partial charge in [-0.3, -0.25) is 0 Å². The summed E-state index contributed by atoms with van der Waals surface area (Å²) in [5.74, 6) is -0.226. The third kappa shape index (κ3) is 3.26. The molecule has 0 amide bonds. The van der Waals surface area contributed by atoms with Gasteiger partial charge in [-0.15, -0.1) is 0 Å². The molecule has 23 heavy (non-hydrogen) atoms. The van der Waals surface area contributed by atoms with Crippen LogP contribution >= 0.6 is 0 Å². The van der Waals surface area contributed by atoms with Gasteiger partial charge in [-0.1, -0.05) is 0 Å². The van der Waals surface area contributed by atoms with Crippen molar-refractivity contribution in [3.8, 4) is 5.69 Å². The van der Waals surface area contributed by atoms with Crippen LogP contribution in [0.5, 0.6) is 0 Å². The lowest BCUT2D eigenvalue weighted by molar-refractivity contribution is 0.0598. The average molecular weight is 340 g/mol. The minimum absolute atomic E-state index is 0.0602. The van der Waals surface area contributed by atoms with Gasteiger partial charge in [0.05, 0.1) is 29.0 Å². The molecule has 0 N–H and O–H groups in total. The van der Waals surface area contributed by atoms with Crippen molar-refractivity contribution in [2.45, 2.75) is 25.4 Å². The zero-order chi connectivity index (χ0) is 17.4. The van der Waals surface area contributed by atoms with Crippen LogP contribution in [0.1, 0.15) is 27.4 Å². The first-order valence-electron chi connectivity index (χ1n) is 6.73. The van der Waals surface area contributed by atoms with Gasteiger partial charge in [0, 0.05) is 12.5 Å². The number of sulfone groups is 1. The van der Waals surface area contributed by atoms with Crippen molar-refractivity contribution < 1.29 is 22.3 Å². The number of hydrogen-bond acceptors (Lipinski definition) is 5. The Labute approximate surface area is 133 Å². The van der Waals surface area contributed by atoms with E-state index in [9.17, 15) is 17.6 Å². The van der Waals surface area contributed by atoms with E-state index in [2.05, 4.69) is 9.72 Å². The summed E-state index contributed by atoms with van der Waals surface area (Å²) in [6, 6.07) is 2.50. The van der Waals surface area contributed by atoms with Gasteiger partial charge >= 0.3 is 5.97 Å². The third-order valence-electron chi connectivity index (χ3n) is 3.40. The molecule has 1 heterocycles. The number of halogens is 1. The second kappa shape index (κ2) is 6.11. The highest BCUT2D eigenvalue weighted by molar-refractivity contribution is 7.90. The molecule has 1 aromatic carbocycles. The summed E-state index contributed by atoms with van der Waals surface area (Å²) in [7, 11) is -2.50. The second-order valence-electron chi connectivity index (χ2n) is 5.17. The third-order valence-corrected chi connectivity index (χ3v) is 4.52. The van der Waals surface area contributed by atoms with Gasteiger partial charge in [-0.05, 0) is 31.5 Å². The van der Waals surface area contributed by atoms with E-state index in [1.165, 1.54) is 6.07 Å². The molecule has 124 valence electrons. The Hall–Kier alpha value is -2.22. The van der Waals surface area contributed by atoms with Crippen LogP contribution in [0.4, 0.5) is 4.39 Å². The Kier molecular flexibility index (Phi) is 4.56. The molecular formula is C15H17FN2O4S. The van der Waals surface area contributed by atoms with E-state index in [4.69, 9.17) is 0 Å². The topological polar surface area (TPSA) is 78.3 Å². The lowest BCUT2D eigenvalue weighted by Gasteiger charge is -2.14. The predicted octanol–water partition coefficient (Wildman–Crippen LogP) is 2.15. The fourth-order valence-corrected chi connectivity index (χ4v) is 3.24. The maximum Gasteiger partial charge on any atom is 0.338 e. The summed E-state index contributed by atoms with van der Waals surface area (Å²) in [4.78, 5) is 15.9. The minimum atomic E-state index is -3.66. The normalized spacial score (nSPS) is 11.5. The largest absolute Gasteiger partial charge is 0.465 e. The van der Waals surface area contributed by atoms with Crippen LogP contribution in [0.25, 0.3) is 5.69 Å². The van der Waals surface area contributed by atoms with Gasteiger partial charge in [0.2, 0.25) is 0 Å². The summed E-state index contributed by atoms with van der Waals surface area (Å²) < 4.78 is 43.7. The maximum absolute atomic E-state index is 13.3. The van der Waals surface area contributed by atoms with E-state index in [1.54, 1.807) is 24.6 Å². The highest BCUT2D eigenvalue weighted by atomic mass is 32.2. The molecule has 0 aliphatic carbocycles. The molecule has 2 rings (SSSR count). The highest BCUT2D eigenvalue weighted by Crippen LogP contribution is 2.27. The zero-order valence-electron chi connectivity index (χ0n) is 13.3. The molecule has 0 spiro atoms. The lowest BCUT2D eigenvalue weighted by Crippen LogP contribution is -2.12. The number of esters is 1. The standard InChI is InChI=1S/C15H17FN2O4S/c1-9-8-18(10(2)17-9)13-5-11(7-16)12(15(19)22-3)6-14(13)23(4,20)21/h5-6,8H,7H2,1-4H3. The lowest BCUT2D eigenvalue weighted by atomic mass is 10.1. The van der Waals surface area contributed by atoms with E-state index in [1.807, 2.05) is 0 Å². The fraction of sp³-hybridized carbons (Fsp3) is 0.333. The minimum Gasteiger partial charge on any atom is -0.465 e. The molecule has 0 bridgehead atoms. The molecule has 0 saturated heterocycles. The van der Waals surface area contributed by atoms with Crippen LogP contribution in [0, 0.1) is 13.8 Å². The van der Waals surface area contributed by atoms with E-state index >= 15 is 0 Å². The second-order valence-corrected chi connectivity index (χ2v) is 7.16. The van der Waals surface area contributed by atoms with Crippen LogP contribution in [-0.2, 0) is 21.2 Å². The monoisotopic (exact) mass is 340 g/mol. The summed E-state index contributed by atoms with van der Waals surface area (Å²) in [6.07, 6.45) is 2.68. The Morgan fingerprint density at radius 1 is 1.35 bits per heavy atom. The van der Waals surface area contributed by atoms with Crippen molar-refractivity contribution in [1.29, 1.82) is 0 Å². The molecule has 0 aliphatic rings. The summed E-state index contributed by atoms with van der Waals surface area (Å²) in [5.41, 5.74) is 0.908. The first-order valence-corrected chi connectivity index (χ1v) is 8.62. The number of ether oxygens (including phenoxy) is 1. The van der Waals surface area contributed by atoms with Crippen molar-refractivity contribution in [3.63, 3.8) is 0 Å². The van der Waals surface area contributed by atoms with Gasteiger partial charge in [-0.2, -0.15) is 0 Å². The number of rotatable bonds is 4. The number of hydrogen-bond donors (Lipinski definition) is 0. The van der Waals surface area contributed by atoms with Crippen LogP contribution < -0.4 is 0 Å². The Morgan fingerprint density at radius 2 is 2.00 bits per heavy atom. The number of carbonyl (C=O) groups excluding carboxylic acids is 1. The van der Waals surface area contributed by atoms with Crippen LogP contribution in [0.2, 0.25) is 0 Å². The van der Waals surface area contributed by atoms with Crippen LogP contribution in [-0.4, -0.2) is 37.3 Å². The van der Waals surface area contributed by atoms with Gasteiger partial charge in [-0.25, -0.2) is 22.6 Å². The van der Waals surface area contributed by atoms with Crippen molar-refractivity contribution in [2.24, 2.45) is 0 Å². The molecule has 0 unspecified atom stereocenters. The summed E-state index contributed by atoms with van der Waals surface area (Å²) in [6.45, 7) is 2.55. The number of methoxy groups -OCH3 is 1. The molecule has 1 aromatic heterocycles. The van der Waals surface area contributed by atoms with E-state index in [0.29, 0.717) is 11.5 Å². The molecule has 2 aromatic rings. The smallest absolute Gasteiger partial charge is 0.338 e. The predicted molar refractivity (Wildman–Crippen MR) is 82.3 cm³/mol. The fourth-order valence-electron chi connectivity index (χ4n) is 2.37. The number of imidazole rings is 1. The number of alkyl halides is 1. The zero-order valence-corrected chi connectivity index (χ0v) is 14.1. The Morgan fingerprint density at radius 3 is 2.43 bits per heavy atom. The van der Waals surface area contributed by atoms with Gasteiger partial charge < -0.3 is 9.30 Å². The highest BCUT2D eigenvalue weighted by Gasteiger charge is 2.23. The van der Waals surface area contributed by atoms with E-state index in [0.717, 1.165) is 19.4 Å². The first kappa shape index (κ1) is 17.1. The molecule has 6 nitrogen and oxygen atoms in total. The van der Waals surface area contributed by atoms with Crippen molar-refractivity contribution >= 4 is 15.8 Å². The van der Waals surface area contributed by atoms with Gasteiger partial charge in [0.1, 0.15) is 12.5 Å². The quantitative estimate of drug-likeness (QED) is 0.797. The number of benzene rings is 1. The van der Waals surface area contributed by atoms with Crippen molar-refractivity contribution in [2.75, 3.05) is 13.4 Å². The molecule has 0 saturated carbocycles. The Balaban J connectivity index is 2.85.